The molecule has 0 bridgehead atoms. The number of carbonyl (C=O) groups is 1. The molecule has 1 fully saturated rings. The van der Waals surface area contributed by atoms with Crippen molar-refractivity contribution in [1.82, 2.24) is 14.1 Å². The Bertz CT molecular complexity index is 620. The van der Waals surface area contributed by atoms with Crippen molar-refractivity contribution in [2.24, 2.45) is 13.0 Å². The lowest BCUT2D eigenvalue weighted by Crippen LogP contribution is -2.42. The van der Waals surface area contributed by atoms with Gasteiger partial charge in [0.15, 0.2) is 0 Å². The van der Waals surface area contributed by atoms with Crippen molar-refractivity contribution in [3.63, 3.8) is 0 Å². The van der Waals surface area contributed by atoms with Crippen LogP contribution in [0, 0.1) is 5.92 Å². The molecule has 0 amide bonds. The molecule has 7 nitrogen and oxygen atoms in total. The molecule has 1 N–H and O–H groups in total. The molecule has 112 valence electrons. The molecular weight excluding hydrogens is 282 g/mol. The first-order valence-electron chi connectivity index (χ1n) is 6.36. The third-order valence-corrected chi connectivity index (χ3v) is 5.65. The Kier molecular flexibility index (Phi) is 3.64. The average Bonchev–Trinajstić information content (AvgIpc) is 2.82. The second kappa shape index (κ2) is 4.85. The Morgan fingerprint density at radius 2 is 2.20 bits per heavy atom. The van der Waals surface area contributed by atoms with Gasteiger partial charge in [0.2, 0.25) is 10.0 Å². The highest BCUT2D eigenvalue weighted by Crippen LogP contribution is 2.38. The topological polar surface area (TPSA) is 92.5 Å². The maximum absolute atomic E-state index is 12.6. The highest BCUT2D eigenvalue weighted by atomic mass is 32.2. The average molecular weight is 301 g/mol. The Balaban J connectivity index is 2.29. The molecular formula is C12H19N3O4S. The summed E-state index contributed by atoms with van der Waals surface area (Å²) in [4.78, 5) is 11.0. The van der Waals surface area contributed by atoms with Gasteiger partial charge >= 0.3 is 5.97 Å². The molecule has 1 aliphatic heterocycles. The summed E-state index contributed by atoms with van der Waals surface area (Å²) < 4.78 is 28.1. The van der Waals surface area contributed by atoms with Crippen LogP contribution in [0.15, 0.2) is 17.3 Å². The summed E-state index contributed by atoms with van der Waals surface area (Å²) in [5.74, 6) is -1.06. The predicted octanol–water partition coefficient (Wildman–Crippen LogP) is 0.684. The van der Waals surface area contributed by atoms with E-state index in [2.05, 4.69) is 5.10 Å². The first-order valence-corrected chi connectivity index (χ1v) is 7.80. The minimum absolute atomic E-state index is 0.0114. The highest BCUT2D eigenvalue weighted by molar-refractivity contribution is 7.89. The molecule has 1 aliphatic rings. The SMILES string of the molecule is Cn1cc(S(=O)(=O)N2CC(CC(=O)O)CC2(C)C)cn1. The van der Waals surface area contributed by atoms with E-state index in [9.17, 15) is 13.2 Å². The number of aromatic nitrogens is 2. The van der Waals surface area contributed by atoms with E-state index < -0.39 is 21.5 Å². The molecule has 2 heterocycles. The minimum Gasteiger partial charge on any atom is -0.481 e. The Hall–Kier alpha value is -1.41. The van der Waals surface area contributed by atoms with E-state index in [1.165, 1.54) is 21.4 Å². The minimum atomic E-state index is -3.64. The normalized spacial score (nSPS) is 23.1. The van der Waals surface area contributed by atoms with E-state index in [0.717, 1.165) is 0 Å². The Morgan fingerprint density at radius 3 is 2.70 bits per heavy atom. The Labute approximate surface area is 118 Å². The van der Waals surface area contributed by atoms with Crippen LogP contribution in [0.2, 0.25) is 0 Å². The smallest absolute Gasteiger partial charge is 0.303 e. The van der Waals surface area contributed by atoms with Gasteiger partial charge in [-0.3, -0.25) is 9.48 Å². The zero-order valence-electron chi connectivity index (χ0n) is 11.8. The van der Waals surface area contributed by atoms with E-state index in [1.54, 1.807) is 7.05 Å². The maximum atomic E-state index is 12.6. The van der Waals surface area contributed by atoms with Crippen molar-refractivity contribution in [3.8, 4) is 0 Å². The number of carboxylic acid groups (broad SMARTS) is 1. The van der Waals surface area contributed by atoms with E-state index in [4.69, 9.17) is 5.11 Å². The number of aliphatic carboxylic acids is 1. The molecule has 0 spiro atoms. The molecule has 0 radical (unpaired) electrons. The van der Waals surface area contributed by atoms with E-state index in [1.807, 2.05) is 13.8 Å². The highest BCUT2D eigenvalue weighted by Gasteiger charge is 2.46. The summed E-state index contributed by atoms with van der Waals surface area (Å²) in [7, 11) is -1.98. The van der Waals surface area contributed by atoms with Crippen LogP contribution in [0.5, 0.6) is 0 Å². The molecule has 20 heavy (non-hydrogen) atoms. The summed E-state index contributed by atoms with van der Waals surface area (Å²) in [5.41, 5.74) is -0.589. The molecule has 1 aromatic rings. The third kappa shape index (κ3) is 2.71. The van der Waals surface area contributed by atoms with Gasteiger partial charge in [-0.05, 0) is 26.2 Å². The molecule has 0 aromatic carbocycles. The van der Waals surface area contributed by atoms with E-state index in [-0.39, 0.29) is 23.8 Å². The zero-order valence-corrected chi connectivity index (χ0v) is 12.6. The molecule has 1 saturated heterocycles. The van der Waals surface area contributed by atoms with Gasteiger partial charge in [0.05, 0.1) is 6.20 Å². The largest absolute Gasteiger partial charge is 0.481 e. The molecule has 1 unspecified atom stereocenters. The number of carboxylic acids is 1. The van der Waals surface area contributed by atoms with Crippen molar-refractivity contribution >= 4 is 16.0 Å². The monoisotopic (exact) mass is 301 g/mol. The number of hydrogen-bond donors (Lipinski definition) is 1. The number of nitrogens with zero attached hydrogens (tertiary/aromatic N) is 3. The molecule has 8 heteroatoms. The number of hydrogen-bond acceptors (Lipinski definition) is 4. The Morgan fingerprint density at radius 1 is 1.55 bits per heavy atom. The lowest BCUT2D eigenvalue weighted by molar-refractivity contribution is -0.138. The number of rotatable bonds is 4. The molecule has 1 atom stereocenters. The van der Waals surface area contributed by atoms with E-state index in [0.29, 0.717) is 6.42 Å². The molecule has 0 aliphatic carbocycles. The summed E-state index contributed by atoms with van der Waals surface area (Å²) in [6, 6.07) is 0. The first-order chi connectivity index (χ1) is 9.13. The molecule has 2 rings (SSSR count). The zero-order chi connectivity index (χ0) is 15.1. The second-order valence-corrected chi connectivity index (χ2v) is 7.73. The van der Waals surface area contributed by atoms with Crippen LogP contribution >= 0.6 is 0 Å². The summed E-state index contributed by atoms with van der Waals surface area (Å²) in [6.45, 7) is 3.88. The maximum Gasteiger partial charge on any atom is 0.303 e. The van der Waals surface area contributed by atoms with Crippen LogP contribution in [0.4, 0.5) is 0 Å². The van der Waals surface area contributed by atoms with Gasteiger partial charge in [-0.1, -0.05) is 0 Å². The van der Waals surface area contributed by atoms with E-state index >= 15 is 0 Å². The quantitative estimate of drug-likeness (QED) is 0.883. The fourth-order valence-electron chi connectivity index (χ4n) is 2.82. The van der Waals surface area contributed by atoms with Crippen LogP contribution in [0.1, 0.15) is 26.7 Å². The molecule has 0 saturated carbocycles. The molecule has 1 aromatic heterocycles. The van der Waals surface area contributed by atoms with Crippen molar-refractivity contribution in [2.45, 2.75) is 37.1 Å². The van der Waals surface area contributed by atoms with Crippen LogP contribution in [0.3, 0.4) is 0 Å². The van der Waals surface area contributed by atoms with Crippen LogP contribution in [0.25, 0.3) is 0 Å². The summed E-state index contributed by atoms with van der Waals surface area (Å²) in [6.07, 6.45) is 3.30. The van der Waals surface area contributed by atoms with Gasteiger partial charge in [-0.25, -0.2) is 8.42 Å². The van der Waals surface area contributed by atoms with Crippen LogP contribution in [-0.2, 0) is 21.9 Å². The van der Waals surface area contributed by atoms with Crippen LogP contribution < -0.4 is 0 Å². The standard InChI is InChI=1S/C12H19N3O4S/c1-12(2)5-9(4-11(16)17)7-15(12)20(18,19)10-6-13-14(3)8-10/h6,8-9H,4-5,7H2,1-3H3,(H,16,17). The summed E-state index contributed by atoms with van der Waals surface area (Å²) in [5, 5.41) is 12.8. The van der Waals surface area contributed by atoms with Gasteiger partial charge in [0, 0.05) is 31.7 Å². The van der Waals surface area contributed by atoms with Gasteiger partial charge in [0.1, 0.15) is 4.90 Å². The van der Waals surface area contributed by atoms with Gasteiger partial charge in [0.25, 0.3) is 0 Å². The van der Waals surface area contributed by atoms with Gasteiger partial charge in [-0.15, -0.1) is 0 Å². The number of aryl methyl sites for hydroxylation is 1. The lowest BCUT2D eigenvalue weighted by Gasteiger charge is -2.29. The fourth-order valence-corrected chi connectivity index (χ4v) is 4.67. The van der Waals surface area contributed by atoms with Gasteiger partial charge < -0.3 is 5.11 Å². The van der Waals surface area contributed by atoms with Crippen molar-refractivity contribution in [1.29, 1.82) is 0 Å². The second-order valence-electron chi connectivity index (χ2n) is 5.87. The van der Waals surface area contributed by atoms with Crippen LogP contribution in [-0.4, -0.2) is 45.7 Å². The lowest BCUT2D eigenvalue weighted by atomic mass is 9.95. The third-order valence-electron chi connectivity index (χ3n) is 3.62. The van der Waals surface area contributed by atoms with Crippen molar-refractivity contribution < 1.29 is 18.3 Å². The van der Waals surface area contributed by atoms with Crippen molar-refractivity contribution in [2.75, 3.05) is 6.54 Å². The fraction of sp³-hybridized carbons (Fsp3) is 0.667. The van der Waals surface area contributed by atoms with Crippen molar-refractivity contribution in [3.05, 3.63) is 12.4 Å². The number of sulfonamides is 1. The predicted molar refractivity (Wildman–Crippen MR) is 71.5 cm³/mol. The van der Waals surface area contributed by atoms with Gasteiger partial charge in [-0.2, -0.15) is 9.40 Å². The first kappa shape index (κ1) is 15.0. The summed E-state index contributed by atoms with van der Waals surface area (Å²) >= 11 is 0.